The first-order chi connectivity index (χ1) is 12.6. The van der Waals surface area contributed by atoms with E-state index in [0.717, 1.165) is 10.6 Å². The number of benzene rings is 2. The molecule has 0 saturated heterocycles. The lowest BCUT2D eigenvalue weighted by molar-refractivity contribution is -0.122. The quantitative estimate of drug-likeness (QED) is 0.754. The van der Waals surface area contributed by atoms with Crippen molar-refractivity contribution >= 4 is 33.2 Å². The molecule has 0 unspecified atom stereocenters. The summed E-state index contributed by atoms with van der Waals surface area (Å²) >= 11 is 6.04. The van der Waals surface area contributed by atoms with Crippen molar-refractivity contribution in [3.05, 3.63) is 64.4 Å². The lowest BCUT2D eigenvalue weighted by Crippen LogP contribution is -2.49. The van der Waals surface area contributed by atoms with Crippen molar-refractivity contribution in [1.82, 2.24) is 5.32 Å². The number of hydrogen-bond donors (Lipinski definition) is 1. The van der Waals surface area contributed by atoms with Crippen molar-refractivity contribution in [2.24, 2.45) is 0 Å². The number of halogens is 2. The number of aryl methyl sites for hydroxylation is 1. The Labute approximate surface area is 164 Å². The third kappa shape index (κ3) is 5.43. The van der Waals surface area contributed by atoms with Gasteiger partial charge in [0, 0.05) is 11.6 Å². The maximum atomic E-state index is 13.0. The summed E-state index contributed by atoms with van der Waals surface area (Å²) < 4.78 is 39.0. The summed E-state index contributed by atoms with van der Waals surface area (Å²) in [5.41, 5.74) is 1.77. The van der Waals surface area contributed by atoms with Crippen LogP contribution in [0, 0.1) is 12.7 Å². The Hall–Kier alpha value is -2.12. The van der Waals surface area contributed by atoms with Crippen LogP contribution in [0.1, 0.15) is 24.5 Å². The van der Waals surface area contributed by atoms with Gasteiger partial charge in [0.05, 0.1) is 11.9 Å². The first-order valence-corrected chi connectivity index (χ1v) is 10.6. The Morgan fingerprint density at radius 2 is 1.85 bits per heavy atom. The van der Waals surface area contributed by atoms with E-state index < -0.39 is 22.0 Å². The molecular formula is C19H22ClFN2O3S. The summed E-state index contributed by atoms with van der Waals surface area (Å²) in [6.45, 7) is 3.66. The molecule has 0 saturated carbocycles. The van der Waals surface area contributed by atoms with E-state index in [1.165, 1.54) is 18.2 Å². The van der Waals surface area contributed by atoms with E-state index in [1.54, 1.807) is 38.1 Å². The molecule has 146 valence electrons. The molecule has 1 N–H and O–H groups in total. The van der Waals surface area contributed by atoms with Crippen molar-refractivity contribution in [3.63, 3.8) is 0 Å². The summed E-state index contributed by atoms with van der Waals surface area (Å²) in [4.78, 5) is 12.7. The van der Waals surface area contributed by atoms with Gasteiger partial charge < -0.3 is 5.32 Å². The molecule has 0 fully saturated rings. The van der Waals surface area contributed by atoms with Crippen molar-refractivity contribution in [2.45, 2.75) is 32.9 Å². The van der Waals surface area contributed by atoms with Gasteiger partial charge in [0.2, 0.25) is 15.9 Å². The molecule has 0 aliphatic rings. The van der Waals surface area contributed by atoms with Crippen LogP contribution >= 0.6 is 11.6 Å². The first kappa shape index (κ1) is 21.2. The Balaban J connectivity index is 2.30. The second-order valence-corrected chi connectivity index (χ2v) is 8.55. The maximum absolute atomic E-state index is 13.0. The van der Waals surface area contributed by atoms with Gasteiger partial charge in [0.1, 0.15) is 11.9 Å². The highest BCUT2D eigenvalue weighted by Crippen LogP contribution is 2.29. The minimum atomic E-state index is -3.74. The Bertz CT molecular complexity index is 917. The summed E-state index contributed by atoms with van der Waals surface area (Å²) in [5.74, 6) is -0.803. The van der Waals surface area contributed by atoms with Crippen molar-refractivity contribution in [3.8, 4) is 0 Å². The molecule has 27 heavy (non-hydrogen) atoms. The van der Waals surface area contributed by atoms with Gasteiger partial charge in [-0.05, 0) is 48.7 Å². The van der Waals surface area contributed by atoms with E-state index in [1.807, 2.05) is 0 Å². The molecule has 0 radical (unpaired) electrons. The number of hydrogen-bond acceptors (Lipinski definition) is 3. The molecule has 0 aromatic heterocycles. The summed E-state index contributed by atoms with van der Waals surface area (Å²) in [6.07, 6.45) is 1.33. The fraction of sp³-hybridized carbons (Fsp3) is 0.316. The third-order valence-corrected chi connectivity index (χ3v) is 5.52. The van der Waals surface area contributed by atoms with Crippen LogP contribution < -0.4 is 9.62 Å². The number of carbonyl (C=O) groups excluding carboxylic acids is 1. The van der Waals surface area contributed by atoms with E-state index in [-0.39, 0.29) is 18.8 Å². The lowest BCUT2D eigenvalue weighted by Gasteiger charge is -2.31. The van der Waals surface area contributed by atoms with Gasteiger partial charge in [-0.3, -0.25) is 9.10 Å². The van der Waals surface area contributed by atoms with Crippen LogP contribution in [-0.4, -0.2) is 26.6 Å². The Morgan fingerprint density at radius 3 is 2.41 bits per heavy atom. The highest BCUT2D eigenvalue weighted by Gasteiger charge is 2.32. The van der Waals surface area contributed by atoms with Gasteiger partial charge >= 0.3 is 0 Å². The Morgan fingerprint density at radius 1 is 1.22 bits per heavy atom. The second kappa shape index (κ2) is 8.71. The number of sulfonamides is 1. The van der Waals surface area contributed by atoms with Crippen molar-refractivity contribution in [1.29, 1.82) is 0 Å². The van der Waals surface area contributed by atoms with E-state index in [0.29, 0.717) is 21.8 Å². The van der Waals surface area contributed by atoms with Gasteiger partial charge in [0.25, 0.3) is 0 Å². The fourth-order valence-corrected chi connectivity index (χ4v) is 4.19. The molecule has 0 heterocycles. The number of rotatable bonds is 7. The molecule has 8 heteroatoms. The van der Waals surface area contributed by atoms with E-state index in [9.17, 15) is 17.6 Å². The molecule has 2 aromatic carbocycles. The van der Waals surface area contributed by atoms with Crippen LogP contribution in [0.4, 0.5) is 10.1 Å². The van der Waals surface area contributed by atoms with Crippen LogP contribution in [-0.2, 0) is 21.4 Å². The molecule has 2 rings (SSSR count). The highest BCUT2D eigenvalue weighted by molar-refractivity contribution is 7.92. The van der Waals surface area contributed by atoms with Gasteiger partial charge in [0.15, 0.2) is 0 Å². The average Bonchev–Trinajstić information content (AvgIpc) is 2.60. The van der Waals surface area contributed by atoms with Crippen molar-refractivity contribution < 1.29 is 17.6 Å². The molecule has 0 aliphatic heterocycles. The number of nitrogens with zero attached hydrogens (tertiary/aromatic N) is 1. The molecule has 0 aliphatic carbocycles. The smallest absolute Gasteiger partial charge is 0.244 e. The molecule has 2 aromatic rings. The molecular weight excluding hydrogens is 391 g/mol. The zero-order valence-corrected chi connectivity index (χ0v) is 16.9. The predicted molar refractivity (Wildman–Crippen MR) is 106 cm³/mol. The molecule has 5 nitrogen and oxygen atoms in total. The van der Waals surface area contributed by atoms with Crippen LogP contribution in [0.5, 0.6) is 0 Å². The van der Waals surface area contributed by atoms with Crippen molar-refractivity contribution in [2.75, 3.05) is 10.6 Å². The molecule has 0 spiro atoms. The van der Waals surface area contributed by atoms with E-state index in [2.05, 4.69) is 5.32 Å². The van der Waals surface area contributed by atoms with Crippen LogP contribution in [0.3, 0.4) is 0 Å². The maximum Gasteiger partial charge on any atom is 0.244 e. The minimum Gasteiger partial charge on any atom is -0.350 e. The topological polar surface area (TPSA) is 66.5 Å². The van der Waals surface area contributed by atoms with Gasteiger partial charge in [-0.25, -0.2) is 12.8 Å². The molecule has 1 amide bonds. The predicted octanol–water partition coefficient (Wildman–Crippen LogP) is 3.65. The highest BCUT2D eigenvalue weighted by atomic mass is 35.5. The largest absolute Gasteiger partial charge is 0.350 e. The zero-order chi connectivity index (χ0) is 20.2. The zero-order valence-electron chi connectivity index (χ0n) is 15.4. The van der Waals surface area contributed by atoms with Gasteiger partial charge in [-0.1, -0.05) is 36.7 Å². The van der Waals surface area contributed by atoms with Gasteiger partial charge in [-0.2, -0.15) is 0 Å². The SMILES string of the molecule is CC[C@@H](C(=O)NCc1ccc(F)cc1)N(c1cc(Cl)ccc1C)S(C)(=O)=O. The summed E-state index contributed by atoms with van der Waals surface area (Å²) in [6, 6.07) is 9.70. The third-order valence-electron chi connectivity index (χ3n) is 4.12. The van der Waals surface area contributed by atoms with Crippen LogP contribution in [0.15, 0.2) is 42.5 Å². The first-order valence-electron chi connectivity index (χ1n) is 8.41. The fourth-order valence-electron chi connectivity index (χ4n) is 2.76. The average molecular weight is 413 g/mol. The molecule has 1 atom stereocenters. The van der Waals surface area contributed by atoms with E-state index in [4.69, 9.17) is 11.6 Å². The van der Waals surface area contributed by atoms with Gasteiger partial charge in [-0.15, -0.1) is 0 Å². The Kier molecular flexibility index (Phi) is 6.84. The lowest BCUT2D eigenvalue weighted by atomic mass is 10.1. The number of amides is 1. The monoisotopic (exact) mass is 412 g/mol. The number of nitrogens with one attached hydrogen (secondary N) is 1. The normalized spacial score (nSPS) is 12.5. The minimum absolute atomic E-state index is 0.168. The van der Waals surface area contributed by atoms with Crippen LogP contribution in [0.2, 0.25) is 5.02 Å². The number of anilines is 1. The number of carbonyl (C=O) groups is 1. The van der Waals surface area contributed by atoms with E-state index >= 15 is 0 Å². The van der Waals surface area contributed by atoms with Crippen LogP contribution in [0.25, 0.3) is 0 Å². The second-order valence-electron chi connectivity index (χ2n) is 6.26. The molecule has 0 bridgehead atoms. The summed E-state index contributed by atoms with van der Waals surface area (Å²) in [5, 5.41) is 3.11. The standard InChI is InChI=1S/C19H22ClFN2O3S/c1-4-17(19(24)22-12-14-6-9-16(21)10-7-14)23(27(3,25)26)18-11-15(20)8-5-13(18)2/h5-11,17H,4,12H2,1-3H3,(H,22,24)/t17-/m0/s1. The summed E-state index contributed by atoms with van der Waals surface area (Å²) in [7, 11) is -3.74.